The number of alkyl halides is 1. The molecule has 0 aromatic heterocycles. The van der Waals surface area contributed by atoms with Crippen molar-refractivity contribution in [2.45, 2.75) is 32.5 Å². The number of piperazine rings is 1. The molecule has 7 nitrogen and oxygen atoms in total. The summed E-state index contributed by atoms with van der Waals surface area (Å²) in [7, 11) is 2.03. The lowest BCUT2D eigenvalue weighted by Gasteiger charge is -2.36. The Morgan fingerprint density at radius 3 is 2.38 bits per heavy atom. The van der Waals surface area contributed by atoms with Gasteiger partial charge < -0.3 is 24.9 Å². The summed E-state index contributed by atoms with van der Waals surface area (Å²) in [6, 6.07) is -0.536. The van der Waals surface area contributed by atoms with Gasteiger partial charge in [-0.25, -0.2) is 14.0 Å². The number of halogens is 1. The van der Waals surface area contributed by atoms with E-state index in [1.165, 1.54) is 0 Å². The monoisotopic (exact) mass is 343 g/mol. The van der Waals surface area contributed by atoms with E-state index in [2.05, 4.69) is 10.2 Å². The molecule has 0 aliphatic carbocycles. The van der Waals surface area contributed by atoms with Gasteiger partial charge in [0.2, 0.25) is 0 Å². The van der Waals surface area contributed by atoms with Gasteiger partial charge in [-0.1, -0.05) is 0 Å². The quantitative estimate of drug-likeness (QED) is 0.822. The number of nitrogens with zero attached hydrogens (tertiary/aromatic N) is 4. The second-order valence-corrected chi connectivity index (χ2v) is 6.57. The lowest BCUT2D eigenvalue weighted by Crippen LogP contribution is -2.54. The van der Waals surface area contributed by atoms with Gasteiger partial charge in [0, 0.05) is 52.2 Å². The number of hydrogen-bond donors (Lipinski definition) is 1. The van der Waals surface area contributed by atoms with Gasteiger partial charge in [-0.2, -0.15) is 0 Å². The van der Waals surface area contributed by atoms with Crippen LogP contribution < -0.4 is 5.32 Å². The van der Waals surface area contributed by atoms with E-state index in [1.54, 1.807) is 14.7 Å². The first-order valence-corrected chi connectivity index (χ1v) is 8.87. The predicted octanol–water partition coefficient (Wildman–Crippen LogP) is 0.818. The molecule has 0 saturated carbocycles. The number of urea groups is 2. The highest BCUT2D eigenvalue weighted by Gasteiger charge is 2.38. The molecule has 0 bridgehead atoms. The van der Waals surface area contributed by atoms with Crippen LogP contribution in [0.2, 0.25) is 0 Å². The summed E-state index contributed by atoms with van der Waals surface area (Å²) in [6.45, 7) is 8.52. The number of hydrogen-bond acceptors (Lipinski definition) is 3. The van der Waals surface area contributed by atoms with Gasteiger partial charge in [-0.05, 0) is 20.9 Å². The second-order valence-electron chi connectivity index (χ2n) is 6.57. The fraction of sp³-hybridized carbons (Fsp3) is 0.875. The lowest BCUT2D eigenvalue weighted by atomic mass is 10.2. The van der Waals surface area contributed by atoms with Crippen molar-refractivity contribution < 1.29 is 14.0 Å². The highest BCUT2D eigenvalue weighted by Crippen LogP contribution is 2.22. The molecule has 24 heavy (non-hydrogen) atoms. The zero-order chi connectivity index (χ0) is 17.7. The summed E-state index contributed by atoms with van der Waals surface area (Å²) in [5.41, 5.74) is 0. The maximum Gasteiger partial charge on any atom is 0.320 e. The molecule has 2 saturated heterocycles. The third-order valence-corrected chi connectivity index (χ3v) is 4.92. The van der Waals surface area contributed by atoms with Gasteiger partial charge in [0.1, 0.15) is 6.17 Å². The van der Waals surface area contributed by atoms with E-state index in [0.29, 0.717) is 32.7 Å². The van der Waals surface area contributed by atoms with Crippen LogP contribution in [0.1, 0.15) is 20.3 Å². The van der Waals surface area contributed by atoms with Crippen molar-refractivity contribution in [3.63, 3.8) is 0 Å². The number of nitrogens with one attached hydrogen (secondary N) is 1. The Morgan fingerprint density at radius 1 is 1.17 bits per heavy atom. The van der Waals surface area contributed by atoms with Gasteiger partial charge >= 0.3 is 12.1 Å². The molecule has 2 aliphatic rings. The summed E-state index contributed by atoms with van der Waals surface area (Å²) in [6.07, 6.45) is -0.727. The molecule has 4 amide bonds. The third kappa shape index (κ3) is 4.49. The molecule has 2 unspecified atom stereocenters. The van der Waals surface area contributed by atoms with Crippen molar-refractivity contribution >= 4 is 12.1 Å². The van der Waals surface area contributed by atoms with Crippen molar-refractivity contribution in [2.75, 3.05) is 59.4 Å². The minimum Gasteiger partial charge on any atom is -0.336 e. The number of amides is 4. The molecule has 0 spiro atoms. The topological polar surface area (TPSA) is 59.1 Å². The van der Waals surface area contributed by atoms with E-state index in [1.807, 2.05) is 20.9 Å². The SMILES string of the molecule is CCN(CC)C(=O)NCC1CC(F)CN1C(=O)N1CCN(C)CC1. The lowest BCUT2D eigenvalue weighted by molar-refractivity contribution is 0.117. The van der Waals surface area contributed by atoms with E-state index in [4.69, 9.17) is 0 Å². The molecule has 0 aromatic rings. The van der Waals surface area contributed by atoms with Crippen molar-refractivity contribution in [2.24, 2.45) is 0 Å². The first-order chi connectivity index (χ1) is 11.5. The molecular weight excluding hydrogens is 313 g/mol. The molecule has 2 aliphatic heterocycles. The largest absolute Gasteiger partial charge is 0.336 e. The Bertz CT molecular complexity index is 438. The van der Waals surface area contributed by atoms with Gasteiger partial charge in [-0.15, -0.1) is 0 Å². The van der Waals surface area contributed by atoms with Gasteiger partial charge in [0.25, 0.3) is 0 Å². The molecule has 138 valence electrons. The first kappa shape index (κ1) is 18.8. The van der Waals surface area contributed by atoms with Crippen LogP contribution in [0.25, 0.3) is 0 Å². The van der Waals surface area contributed by atoms with E-state index < -0.39 is 6.17 Å². The summed E-state index contributed by atoms with van der Waals surface area (Å²) in [5.74, 6) is 0. The van der Waals surface area contributed by atoms with Crippen LogP contribution in [0.15, 0.2) is 0 Å². The van der Waals surface area contributed by atoms with Gasteiger partial charge in [-0.3, -0.25) is 0 Å². The minimum atomic E-state index is -1.02. The van der Waals surface area contributed by atoms with Crippen LogP contribution in [-0.4, -0.2) is 103 Å². The Kier molecular flexibility index (Phi) is 6.65. The molecule has 8 heteroatoms. The highest BCUT2D eigenvalue weighted by atomic mass is 19.1. The molecule has 0 aromatic carbocycles. The molecule has 2 heterocycles. The van der Waals surface area contributed by atoms with E-state index in [0.717, 1.165) is 13.1 Å². The average Bonchev–Trinajstić information content (AvgIpc) is 2.95. The molecule has 0 radical (unpaired) electrons. The maximum atomic E-state index is 13.9. The van der Waals surface area contributed by atoms with Crippen LogP contribution in [0.4, 0.5) is 14.0 Å². The maximum absolute atomic E-state index is 13.9. The fourth-order valence-electron chi connectivity index (χ4n) is 3.29. The number of rotatable bonds is 4. The Morgan fingerprint density at radius 2 is 1.79 bits per heavy atom. The molecule has 1 N–H and O–H groups in total. The smallest absolute Gasteiger partial charge is 0.320 e. The molecule has 2 atom stereocenters. The van der Waals surface area contributed by atoms with E-state index in [9.17, 15) is 14.0 Å². The summed E-state index contributed by atoms with van der Waals surface area (Å²) in [5, 5.41) is 2.84. The zero-order valence-corrected chi connectivity index (χ0v) is 15.0. The van der Waals surface area contributed by atoms with Crippen molar-refractivity contribution in [1.29, 1.82) is 0 Å². The van der Waals surface area contributed by atoms with Gasteiger partial charge in [0.05, 0.1) is 12.6 Å². The normalized spacial score (nSPS) is 25.0. The van der Waals surface area contributed by atoms with Crippen molar-refractivity contribution in [1.82, 2.24) is 24.9 Å². The van der Waals surface area contributed by atoms with Crippen molar-refractivity contribution in [3.8, 4) is 0 Å². The Labute approximate surface area is 143 Å². The van der Waals surface area contributed by atoms with Crippen LogP contribution in [0.5, 0.6) is 0 Å². The van der Waals surface area contributed by atoms with Crippen LogP contribution in [-0.2, 0) is 0 Å². The van der Waals surface area contributed by atoms with Crippen LogP contribution in [0, 0.1) is 0 Å². The van der Waals surface area contributed by atoms with E-state index >= 15 is 0 Å². The van der Waals surface area contributed by atoms with Crippen molar-refractivity contribution in [3.05, 3.63) is 0 Å². The fourth-order valence-corrected chi connectivity index (χ4v) is 3.29. The van der Waals surface area contributed by atoms with E-state index in [-0.39, 0.29) is 31.1 Å². The molecular formula is C16H30FN5O2. The summed E-state index contributed by atoms with van der Waals surface area (Å²) in [4.78, 5) is 32.0. The first-order valence-electron chi connectivity index (χ1n) is 8.87. The highest BCUT2D eigenvalue weighted by molar-refractivity contribution is 5.76. The second kappa shape index (κ2) is 8.50. The zero-order valence-electron chi connectivity index (χ0n) is 15.0. The van der Waals surface area contributed by atoms with Crippen LogP contribution >= 0.6 is 0 Å². The summed E-state index contributed by atoms with van der Waals surface area (Å²) < 4.78 is 13.9. The predicted molar refractivity (Wildman–Crippen MR) is 90.8 cm³/mol. The average molecular weight is 343 g/mol. The Balaban J connectivity index is 1.91. The third-order valence-electron chi connectivity index (χ3n) is 4.92. The number of likely N-dealkylation sites (N-methyl/N-ethyl adjacent to an activating group) is 1. The standard InChI is InChI=1S/C16H30FN5O2/c1-4-20(5-2)15(23)18-11-14-10-13(17)12-22(14)16(24)21-8-6-19(3)7-9-21/h13-14H,4-12H2,1-3H3,(H,18,23). The van der Waals surface area contributed by atoms with Gasteiger partial charge in [0.15, 0.2) is 0 Å². The minimum absolute atomic E-state index is 0.106. The van der Waals surface area contributed by atoms with Crippen LogP contribution in [0.3, 0.4) is 0 Å². The Hall–Kier alpha value is -1.57. The molecule has 2 rings (SSSR count). The molecule has 2 fully saturated rings. The number of carbonyl (C=O) groups excluding carboxylic acids is 2. The number of likely N-dealkylation sites (tertiary alicyclic amines) is 1. The number of carbonyl (C=O) groups is 2. The summed E-state index contributed by atoms with van der Waals surface area (Å²) >= 11 is 0.